The highest BCUT2D eigenvalue weighted by Gasteiger charge is 2.30. The van der Waals surface area contributed by atoms with Crippen LogP contribution < -0.4 is 10.1 Å². The zero-order valence-corrected chi connectivity index (χ0v) is 13.9. The molecule has 1 aromatic carbocycles. The van der Waals surface area contributed by atoms with Gasteiger partial charge in [-0.2, -0.15) is 0 Å². The summed E-state index contributed by atoms with van der Waals surface area (Å²) >= 11 is 5.80. The van der Waals surface area contributed by atoms with Crippen LogP contribution in [0.1, 0.15) is 19.4 Å². The van der Waals surface area contributed by atoms with Crippen LogP contribution in [0.5, 0.6) is 5.75 Å². The smallest absolute Gasteiger partial charge is 0.349 e. The molecule has 0 atom stereocenters. The van der Waals surface area contributed by atoms with E-state index in [9.17, 15) is 4.79 Å². The molecule has 1 aromatic heterocycles. The fourth-order valence-corrected chi connectivity index (χ4v) is 2.03. The summed E-state index contributed by atoms with van der Waals surface area (Å²) in [5.74, 6) is 0.815. The van der Waals surface area contributed by atoms with E-state index in [-0.39, 0.29) is 0 Å². The molecule has 0 spiro atoms. The van der Waals surface area contributed by atoms with Crippen molar-refractivity contribution >= 4 is 23.4 Å². The summed E-state index contributed by atoms with van der Waals surface area (Å²) in [6.07, 6.45) is 1.40. The van der Waals surface area contributed by atoms with E-state index in [4.69, 9.17) is 21.1 Å². The quantitative estimate of drug-likeness (QED) is 0.646. The summed E-state index contributed by atoms with van der Waals surface area (Å²) in [7, 11) is 1.33. The van der Waals surface area contributed by atoms with Crippen molar-refractivity contribution in [2.45, 2.75) is 26.0 Å². The second-order valence-electron chi connectivity index (χ2n) is 5.33. The zero-order valence-electron chi connectivity index (χ0n) is 13.2. The number of nitrogens with zero attached hydrogens (tertiary/aromatic N) is 2. The fourth-order valence-electron chi connectivity index (χ4n) is 1.88. The Kier molecular flexibility index (Phi) is 5.39. The predicted octanol–water partition coefficient (Wildman–Crippen LogP) is 3.07. The van der Waals surface area contributed by atoms with Crippen molar-refractivity contribution in [3.05, 3.63) is 47.4 Å². The number of esters is 1. The summed E-state index contributed by atoms with van der Waals surface area (Å²) in [5, 5.41) is 3.53. The molecular formula is C16H18ClN3O3. The Morgan fingerprint density at radius 3 is 2.57 bits per heavy atom. The monoisotopic (exact) mass is 335 g/mol. The van der Waals surface area contributed by atoms with Crippen molar-refractivity contribution < 1.29 is 14.3 Å². The topological polar surface area (TPSA) is 73.3 Å². The molecule has 0 radical (unpaired) electrons. The Balaban J connectivity index is 1.95. The Morgan fingerprint density at radius 2 is 1.96 bits per heavy atom. The van der Waals surface area contributed by atoms with Crippen LogP contribution in [0.4, 0.5) is 5.82 Å². The first-order valence-corrected chi connectivity index (χ1v) is 7.36. The molecule has 0 saturated heterocycles. The molecular weight excluding hydrogens is 318 g/mol. The van der Waals surface area contributed by atoms with E-state index in [1.807, 2.05) is 12.1 Å². The highest BCUT2D eigenvalue weighted by atomic mass is 35.5. The minimum atomic E-state index is -1.04. The summed E-state index contributed by atoms with van der Waals surface area (Å²) in [6.45, 7) is 3.90. The molecule has 23 heavy (non-hydrogen) atoms. The van der Waals surface area contributed by atoms with E-state index < -0.39 is 11.6 Å². The minimum Gasteiger partial charge on any atom is -0.476 e. The molecule has 0 aliphatic heterocycles. The van der Waals surface area contributed by atoms with Crippen molar-refractivity contribution in [2.75, 3.05) is 12.4 Å². The van der Waals surface area contributed by atoms with Crippen LogP contribution in [0.2, 0.25) is 5.15 Å². The van der Waals surface area contributed by atoms with Crippen molar-refractivity contribution in [1.29, 1.82) is 0 Å². The molecule has 2 aromatic rings. The number of carbonyl (C=O) groups excluding carboxylic acids is 1. The molecule has 122 valence electrons. The lowest BCUT2D eigenvalue weighted by Crippen LogP contribution is -2.39. The van der Waals surface area contributed by atoms with Gasteiger partial charge in [-0.15, -0.1) is 0 Å². The highest BCUT2D eigenvalue weighted by molar-refractivity contribution is 6.29. The maximum atomic E-state index is 11.6. The number of benzene rings is 1. The second kappa shape index (κ2) is 7.28. The number of carbonyl (C=O) groups is 1. The van der Waals surface area contributed by atoms with Gasteiger partial charge in [-0.3, -0.25) is 0 Å². The second-order valence-corrected chi connectivity index (χ2v) is 5.71. The molecule has 0 saturated carbocycles. The average molecular weight is 336 g/mol. The third-order valence-corrected chi connectivity index (χ3v) is 3.29. The van der Waals surface area contributed by atoms with Gasteiger partial charge in [-0.1, -0.05) is 23.7 Å². The molecule has 0 bridgehead atoms. The third-order valence-electron chi connectivity index (χ3n) is 3.08. The van der Waals surface area contributed by atoms with Crippen LogP contribution in [0.3, 0.4) is 0 Å². The number of anilines is 1. The molecule has 0 aliphatic rings. The van der Waals surface area contributed by atoms with Crippen LogP contribution >= 0.6 is 11.6 Å². The fraction of sp³-hybridized carbons (Fsp3) is 0.312. The number of halogens is 1. The minimum absolute atomic E-state index is 0.385. The lowest BCUT2D eigenvalue weighted by molar-refractivity contribution is -0.156. The molecule has 0 aliphatic carbocycles. The van der Waals surface area contributed by atoms with E-state index in [1.54, 1.807) is 32.0 Å². The van der Waals surface area contributed by atoms with Crippen molar-refractivity contribution in [3.63, 3.8) is 0 Å². The van der Waals surface area contributed by atoms with E-state index >= 15 is 0 Å². The normalized spacial score (nSPS) is 11.0. The van der Waals surface area contributed by atoms with Crippen LogP contribution in [0.15, 0.2) is 36.7 Å². The molecule has 0 unspecified atom stereocenters. The summed E-state index contributed by atoms with van der Waals surface area (Å²) in [6, 6.07) is 9.05. The SMILES string of the molecule is COC(=O)C(C)(C)Oc1ccc(CNc2cc(Cl)ncn2)cc1. The molecule has 0 fully saturated rings. The maximum absolute atomic E-state index is 11.6. The van der Waals surface area contributed by atoms with Gasteiger partial charge in [0.25, 0.3) is 0 Å². The van der Waals surface area contributed by atoms with Crippen molar-refractivity contribution in [3.8, 4) is 5.75 Å². The average Bonchev–Trinajstić information content (AvgIpc) is 2.53. The van der Waals surface area contributed by atoms with Gasteiger partial charge in [0.2, 0.25) is 0 Å². The van der Waals surface area contributed by atoms with E-state index in [1.165, 1.54) is 13.4 Å². The first kappa shape index (κ1) is 17.0. The number of rotatable bonds is 6. The van der Waals surface area contributed by atoms with Gasteiger partial charge >= 0.3 is 5.97 Å². The number of nitrogens with one attached hydrogen (secondary N) is 1. The number of ether oxygens (including phenoxy) is 2. The van der Waals surface area contributed by atoms with Crippen molar-refractivity contribution in [1.82, 2.24) is 9.97 Å². The Hall–Kier alpha value is -2.34. The van der Waals surface area contributed by atoms with E-state index in [0.29, 0.717) is 23.3 Å². The van der Waals surface area contributed by atoms with Gasteiger partial charge in [-0.25, -0.2) is 14.8 Å². The predicted molar refractivity (Wildman–Crippen MR) is 87.5 cm³/mol. The van der Waals surface area contributed by atoms with Gasteiger partial charge in [0, 0.05) is 12.6 Å². The number of hydrogen-bond donors (Lipinski definition) is 1. The Bertz CT molecular complexity index is 675. The van der Waals surface area contributed by atoms with Crippen LogP contribution in [0.25, 0.3) is 0 Å². The molecule has 2 rings (SSSR count). The highest BCUT2D eigenvalue weighted by Crippen LogP contribution is 2.20. The van der Waals surface area contributed by atoms with Crippen LogP contribution in [0, 0.1) is 0 Å². The standard InChI is InChI=1S/C16H18ClN3O3/c1-16(2,15(21)22-3)23-12-6-4-11(5-7-12)9-18-14-8-13(17)19-10-20-14/h4-8,10H,9H2,1-3H3,(H,18,19,20). The largest absolute Gasteiger partial charge is 0.476 e. The van der Waals surface area contributed by atoms with Crippen LogP contribution in [-0.4, -0.2) is 28.6 Å². The third kappa shape index (κ3) is 4.82. The molecule has 0 amide bonds. The van der Waals surface area contributed by atoms with Gasteiger partial charge in [0.05, 0.1) is 7.11 Å². The molecule has 1 N–H and O–H groups in total. The zero-order chi connectivity index (χ0) is 16.9. The van der Waals surface area contributed by atoms with Crippen LogP contribution in [-0.2, 0) is 16.1 Å². The number of aromatic nitrogens is 2. The number of hydrogen-bond acceptors (Lipinski definition) is 6. The molecule has 1 heterocycles. The number of methoxy groups -OCH3 is 1. The van der Waals surface area contributed by atoms with Gasteiger partial charge < -0.3 is 14.8 Å². The van der Waals surface area contributed by atoms with Gasteiger partial charge in [0.15, 0.2) is 5.60 Å². The lowest BCUT2D eigenvalue weighted by Gasteiger charge is -2.23. The first-order valence-electron chi connectivity index (χ1n) is 6.98. The Labute approximate surface area is 139 Å². The van der Waals surface area contributed by atoms with E-state index in [0.717, 1.165) is 5.56 Å². The molecule has 6 nitrogen and oxygen atoms in total. The lowest BCUT2D eigenvalue weighted by atomic mass is 10.1. The Morgan fingerprint density at radius 1 is 1.26 bits per heavy atom. The summed E-state index contributed by atoms with van der Waals surface area (Å²) in [5.41, 5.74) is -0.00497. The summed E-state index contributed by atoms with van der Waals surface area (Å²) < 4.78 is 10.4. The van der Waals surface area contributed by atoms with Gasteiger partial charge in [0.1, 0.15) is 23.0 Å². The first-order chi connectivity index (χ1) is 10.9. The maximum Gasteiger partial charge on any atom is 0.349 e. The van der Waals surface area contributed by atoms with Crippen molar-refractivity contribution in [2.24, 2.45) is 0 Å². The van der Waals surface area contributed by atoms with E-state index in [2.05, 4.69) is 15.3 Å². The van der Waals surface area contributed by atoms with Gasteiger partial charge in [-0.05, 0) is 31.5 Å². The molecule has 7 heteroatoms. The summed E-state index contributed by atoms with van der Waals surface area (Å²) in [4.78, 5) is 19.5.